The van der Waals surface area contributed by atoms with Gasteiger partial charge in [0.1, 0.15) is 0 Å². The molecule has 94 valence electrons. The first-order valence-electron chi connectivity index (χ1n) is 4.94. The Morgan fingerprint density at radius 2 is 1.88 bits per heavy atom. The molecule has 0 aromatic heterocycles. The number of alkyl halides is 3. The van der Waals surface area contributed by atoms with Gasteiger partial charge in [0.2, 0.25) is 5.84 Å². The molecule has 0 spiro atoms. The van der Waals surface area contributed by atoms with Gasteiger partial charge in [0.05, 0.1) is 6.04 Å². The van der Waals surface area contributed by atoms with Gasteiger partial charge in [-0.15, -0.1) is 0 Å². The van der Waals surface area contributed by atoms with Crippen LogP contribution in [0.4, 0.5) is 13.2 Å². The molecule has 1 aromatic carbocycles. The smallest absolute Gasteiger partial charge is 0.380 e. The standard InChI is InChI=1S/C11H12F3IN2/c1-7(17-10(16)11(12,13)14)6-8-2-4-9(15)5-3-8/h2-5,7H,6H2,1H3,(H2,16,17)/t7-/m1/s1. The lowest BCUT2D eigenvalue weighted by Crippen LogP contribution is -2.32. The maximum absolute atomic E-state index is 12.1. The molecule has 0 unspecified atom stereocenters. The van der Waals surface area contributed by atoms with Crippen LogP contribution >= 0.6 is 22.6 Å². The largest absolute Gasteiger partial charge is 0.448 e. The summed E-state index contributed by atoms with van der Waals surface area (Å²) in [5, 5.41) is 0. The average Bonchev–Trinajstić information content (AvgIpc) is 2.20. The predicted molar refractivity (Wildman–Crippen MR) is 70.0 cm³/mol. The minimum absolute atomic E-state index is 0.438. The topological polar surface area (TPSA) is 38.4 Å². The van der Waals surface area contributed by atoms with E-state index in [0.717, 1.165) is 9.13 Å². The number of aliphatic imine (C=N–C) groups is 1. The van der Waals surface area contributed by atoms with Crippen LogP contribution in [0.5, 0.6) is 0 Å². The average molecular weight is 356 g/mol. The monoisotopic (exact) mass is 356 g/mol. The zero-order valence-corrected chi connectivity index (χ0v) is 11.3. The van der Waals surface area contributed by atoms with Crippen LogP contribution in [-0.4, -0.2) is 18.1 Å². The second-order valence-electron chi connectivity index (χ2n) is 3.69. The first-order chi connectivity index (χ1) is 7.79. The van der Waals surface area contributed by atoms with Crippen molar-refractivity contribution < 1.29 is 13.2 Å². The maximum atomic E-state index is 12.1. The number of nitrogens with two attached hydrogens (primary N) is 1. The summed E-state index contributed by atoms with van der Waals surface area (Å²) >= 11 is 2.16. The Labute approximate surface area is 111 Å². The summed E-state index contributed by atoms with van der Waals surface area (Å²) in [5.41, 5.74) is 5.79. The molecule has 0 bridgehead atoms. The summed E-state index contributed by atoms with van der Waals surface area (Å²) in [4.78, 5) is 3.43. The third kappa shape index (κ3) is 4.93. The first-order valence-corrected chi connectivity index (χ1v) is 6.02. The molecule has 0 saturated heterocycles. The molecule has 0 fully saturated rings. The van der Waals surface area contributed by atoms with Crippen molar-refractivity contribution in [2.45, 2.75) is 25.6 Å². The number of hydrogen-bond donors (Lipinski definition) is 1. The van der Waals surface area contributed by atoms with Gasteiger partial charge in [0, 0.05) is 3.57 Å². The molecule has 0 radical (unpaired) electrons. The molecule has 17 heavy (non-hydrogen) atoms. The zero-order chi connectivity index (χ0) is 13.1. The van der Waals surface area contributed by atoms with Gasteiger partial charge in [0.15, 0.2) is 0 Å². The van der Waals surface area contributed by atoms with E-state index < -0.39 is 18.1 Å². The van der Waals surface area contributed by atoms with Gasteiger partial charge in [-0.25, -0.2) is 0 Å². The molecule has 6 heteroatoms. The first kappa shape index (κ1) is 14.3. The molecule has 1 rings (SSSR count). The van der Waals surface area contributed by atoms with Crippen LogP contribution in [0, 0.1) is 3.57 Å². The van der Waals surface area contributed by atoms with Crippen LogP contribution in [0.25, 0.3) is 0 Å². The molecule has 2 N–H and O–H groups in total. The van der Waals surface area contributed by atoms with E-state index in [4.69, 9.17) is 5.73 Å². The van der Waals surface area contributed by atoms with Gasteiger partial charge in [-0.05, 0) is 53.6 Å². The molecule has 0 aliphatic heterocycles. The third-order valence-corrected chi connectivity index (χ3v) is 2.81. The van der Waals surface area contributed by atoms with Crippen LogP contribution in [0.1, 0.15) is 12.5 Å². The van der Waals surface area contributed by atoms with Gasteiger partial charge in [-0.2, -0.15) is 13.2 Å². The molecular weight excluding hydrogens is 344 g/mol. The van der Waals surface area contributed by atoms with E-state index >= 15 is 0 Å². The van der Waals surface area contributed by atoms with Crippen LogP contribution in [0.15, 0.2) is 29.3 Å². The zero-order valence-electron chi connectivity index (χ0n) is 9.13. The molecular formula is C11H12F3IN2. The van der Waals surface area contributed by atoms with Gasteiger partial charge >= 0.3 is 6.18 Å². The molecule has 1 aromatic rings. The summed E-state index contributed by atoms with van der Waals surface area (Å²) in [6.07, 6.45) is -4.10. The minimum Gasteiger partial charge on any atom is -0.380 e. The molecule has 0 aliphatic carbocycles. The number of rotatable bonds is 3. The fraction of sp³-hybridized carbons (Fsp3) is 0.364. The second kappa shape index (κ2) is 5.70. The van der Waals surface area contributed by atoms with E-state index in [-0.39, 0.29) is 0 Å². The lowest BCUT2D eigenvalue weighted by molar-refractivity contribution is -0.0602. The van der Waals surface area contributed by atoms with Gasteiger partial charge in [-0.3, -0.25) is 4.99 Å². The van der Waals surface area contributed by atoms with Crippen molar-refractivity contribution in [3.8, 4) is 0 Å². The molecule has 0 aliphatic rings. The quantitative estimate of drug-likeness (QED) is 0.505. The van der Waals surface area contributed by atoms with Gasteiger partial charge in [0.25, 0.3) is 0 Å². The predicted octanol–water partition coefficient (Wildman–Crippen LogP) is 3.14. The van der Waals surface area contributed by atoms with Crippen molar-refractivity contribution in [1.29, 1.82) is 0 Å². The van der Waals surface area contributed by atoms with Crippen LogP contribution in [-0.2, 0) is 6.42 Å². The summed E-state index contributed by atoms with van der Waals surface area (Å²) < 4.78 is 37.5. The van der Waals surface area contributed by atoms with Crippen molar-refractivity contribution in [3.05, 3.63) is 33.4 Å². The van der Waals surface area contributed by atoms with E-state index in [2.05, 4.69) is 27.6 Å². The molecule has 0 saturated carbocycles. The lowest BCUT2D eigenvalue weighted by Gasteiger charge is -2.10. The number of hydrogen-bond acceptors (Lipinski definition) is 1. The highest BCUT2D eigenvalue weighted by molar-refractivity contribution is 14.1. The van der Waals surface area contributed by atoms with E-state index in [1.165, 1.54) is 0 Å². The van der Waals surface area contributed by atoms with Crippen molar-refractivity contribution in [2.75, 3.05) is 0 Å². The Hall–Kier alpha value is -0.790. The van der Waals surface area contributed by atoms with E-state index in [0.29, 0.717) is 6.42 Å². The molecule has 0 amide bonds. The summed E-state index contributed by atoms with van der Waals surface area (Å²) in [5.74, 6) is -1.27. The Bertz CT molecular complexity index is 398. The normalized spacial score (nSPS) is 14.8. The number of halogens is 4. The maximum Gasteiger partial charge on any atom is 0.448 e. The SMILES string of the molecule is C[C@H](Cc1ccc(I)cc1)N=C(N)C(F)(F)F. The number of benzene rings is 1. The van der Waals surface area contributed by atoms with Crippen molar-refractivity contribution in [2.24, 2.45) is 10.7 Å². The van der Waals surface area contributed by atoms with Gasteiger partial charge < -0.3 is 5.73 Å². The number of amidine groups is 1. The van der Waals surface area contributed by atoms with Crippen LogP contribution in [0.3, 0.4) is 0 Å². The van der Waals surface area contributed by atoms with Crippen molar-refractivity contribution >= 4 is 28.4 Å². The van der Waals surface area contributed by atoms with E-state index in [1.807, 2.05) is 24.3 Å². The highest BCUT2D eigenvalue weighted by Gasteiger charge is 2.33. The Morgan fingerprint density at radius 1 is 1.35 bits per heavy atom. The minimum atomic E-state index is -4.54. The molecule has 2 nitrogen and oxygen atoms in total. The Balaban J connectivity index is 2.67. The van der Waals surface area contributed by atoms with Crippen LogP contribution < -0.4 is 5.73 Å². The van der Waals surface area contributed by atoms with E-state index in [9.17, 15) is 13.2 Å². The van der Waals surface area contributed by atoms with Crippen molar-refractivity contribution in [3.63, 3.8) is 0 Å². The second-order valence-corrected chi connectivity index (χ2v) is 4.94. The third-order valence-electron chi connectivity index (χ3n) is 2.09. The summed E-state index contributed by atoms with van der Waals surface area (Å²) in [6.45, 7) is 1.61. The fourth-order valence-corrected chi connectivity index (χ4v) is 1.68. The Morgan fingerprint density at radius 3 is 2.35 bits per heavy atom. The summed E-state index contributed by atoms with van der Waals surface area (Å²) in [6, 6.07) is 7.06. The summed E-state index contributed by atoms with van der Waals surface area (Å²) in [7, 11) is 0. The number of nitrogens with zero attached hydrogens (tertiary/aromatic N) is 1. The Kier molecular flexibility index (Phi) is 4.79. The fourth-order valence-electron chi connectivity index (χ4n) is 1.32. The highest BCUT2D eigenvalue weighted by atomic mass is 127. The lowest BCUT2D eigenvalue weighted by atomic mass is 10.1. The van der Waals surface area contributed by atoms with Crippen molar-refractivity contribution in [1.82, 2.24) is 0 Å². The molecule has 0 heterocycles. The van der Waals surface area contributed by atoms with Gasteiger partial charge in [-0.1, -0.05) is 12.1 Å². The molecule has 1 atom stereocenters. The van der Waals surface area contributed by atoms with Crippen LogP contribution in [0.2, 0.25) is 0 Å². The van der Waals surface area contributed by atoms with E-state index in [1.54, 1.807) is 6.92 Å². The highest BCUT2D eigenvalue weighted by Crippen LogP contribution is 2.16.